The highest BCUT2D eigenvalue weighted by atomic mass is 79.9. The van der Waals surface area contributed by atoms with Gasteiger partial charge in [0.25, 0.3) is 0 Å². The molecular formula is C4H7BrO2. The van der Waals surface area contributed by atoms with Gasteiger partial charge in [0.05, 0.1) is 0 Å². The van der Waals surface area contributed by atoms with Gasteiger partial charge in [0.1, 0.15) is 0 Å². The maximum Gasteiger partial charge on any atom is 0.330 e. The Kier molecular flexibility index (Phi) is 5.44. The van der Waals surface area contributed by atoms with Gasteiger partial charge in [-0.15, -0.1) is 17.0 Å². The van der Waals surface area contributed by atoms with Crippen molar-refractivity contribution < 1.29 is 9.90 Å². The molecule has 0 rings (SSSR count). The molecule has 3 heteroatoms. The molecule has 0 aromatic rings. The van der Waals surface area contributed by atoms with Crippen molar-refractivity contribution in [3.05, 3.63) is 12.2 Å². The van der Waals surface area contributed by atoms with E-state index in [2.05, 4.69) is 6.58 Å². The summed E-state index contributed by atoms with van der Waals surface area (Å²) in [6.45, 7) is 4.60. The fourth-order valence-corrected chi connectivity index (χ4v) is 0. The van der Waals surface area contributed by atoms with Crippen LogP contribution in [-0.2, 0) is 4.79 Å². The fourth-order valence-electron chi connectivity index (χ4n) is 0. The molecule has 0 saturated carbocycles. The maximum absolute atomic E-state index is 9.60. The number of carboxylic acids is 1. The van der Waals surface area contributed by atoms with Crippen molar-refractivity contribution in [3.8, 4) is 0 Å². The van der Waals surface area contributed by atoms with Crippen molar-refractivity contribution in [3.63, 3.8) is 0 Å². The molecule has 2 nitrogen and oxygen atoms in total. The summed E-state index contributed by atoms with van der Waals surface area (Å²) < 4.78 is 0. The van der Waals surface area contributed by atoms with Crippen molar-refractivity contribution >= 4 is 23.0 Å². The van der Waals surface area contributed by atoms with Gasteiger partial charge in [-0.2, -0.15) is 0 Å². The van der Waals surface area contributed by atoms with E-state index in [4.69, 9.17) is 5.11 Å². The van der Waals surface area contributed by atoms with Gasteiger partial charge in [-0.1, -0.05) is 6.58 Å². The molecule has 0 saturated heterocycles. The molecule has 0 bridgehead atoms. The predicted octanol–water partition coefficient (Wildman–Crippen LogP) is 1.23. The summed E-state index contributed by atoms with van der Waals surface area (Å²) in [5, 5.41) is 7.89. The second-order valence-corrected chi connectivity index (χ2v) is 1.09. The second kappa shape index (κ2) is 3.87. The third-order valence-corrected chi connectivity index (χ3v) is 0.365. The number of hydrogen-bond donors (Lipinski definition) is 1. The van der Waals surface area contributed by atoms with Crippen LogP contribution in [0.3, 0.4) is 0 Å². The Morgan fingerprint density at radius 3 is 1.86 bits per heavy atom. The van der Waals surface area contributed by atoms with E-state index in [0.29, 0.717) is 0 Å². The quantitative estimate of drug-likeness (QED) is 0.596. The van der Waals surface area contributed by atoms with Crippen LogP contribution in [0.4, 0.5) is 0 Å². The number of halogens is 1. The highest BCUT2D eigenvalue weighted by Gasteiger charge is 1.90. The Balaban J connectivity index is 0. The van der Waals surface area contributed by atoms with E-state index in [1.165, 1.54) is 6.92 Å². The van der Waals surface area contributed by atoms with Crippen molar-refractivity contribution in [1.29, 1.82) is 0 Å². The van der Waals surface area contributed by atoms with E-state index in [9.17, 15) is 4.79 Å². The third-order valence-electron chi connectivity index (χ3n) is 0.365. The summed E-state index contributed by atoms with van der Waals surface area (Å²) in [6, 6.07) is 0. The lowest BCUT2D eigenvalue weighted by Gasteiger charge is -1.79. The van der Waals surface area contributed by atoms with Crippen molar-refractivity contribution in [2.45, 2.75) is 6.92 Å². The summed E-state index contributed by atoms with van der Waals surface area (Å²) in [7, 11) is 0. The molecule has 0 radical (unpaired) electrons. The Labute approximate surface area is 52.6 Å². The molecule has 0 aliphatic carbocycles. The lowest BCUT2D eigenvalue weighted by Crippen LogP contribution is -1.92. The van der Waals surface area contributed by atoms with Crippen LogP contribution < -0.4 is 0 Å². The summed E-state index contributed by atoms with van der Waals surface area (Å²) in [4.78, 5) is 9.60. The molecule has 0 aromatic heterocycles. The van der Waals surface area contributed by atoms with Crippen LogP contribution in [0.5, 0.6) is 0 Å². The fraction of sp³-hybridized carbons (Fsp3) is 0.250. The first-order valence-electron chi connectivity index (χ1n) is 1.53. The third kappa shape index (κ3) is 5.69. The molecule has 0 atom stereocenters. The van der Waals surface area contributed by atoms with Crippen molar-refractivity contribution in [1.82, 2.24) is 0 Å². The number of rotatable bonds is 1. The van der Waals surface area contributed by atoms with Crippen LogP contribution in [-0.4, -0.2) is 11.1 Å². The first-order chi connectivity index (χ1) is 2.64. The van der Waals surface area contributed by atoms with Gasteiger partial charge >= 0.3 is 5.97 Å². The SMILES string of the molecule is Br.C=C(C)C(=O)O. The lowest BCUT2D eigenvalue weighted by molar-refractivity contribution is -0.132. The molecule has 0 heterocycles. The Morgan fingerprint density at radius 1 is 1.71 bits per heavy atom. The van der Waals surface area contributed by atoms with Gasteiger partial charge in [0.15, 0.2) is 0 Å². The maximum atomic E-state index is 9.60. The molecule has 0 aromatic carbocycles. The Morgan fingerprint density at radius 2 is 1.86 bits per heavy atom. The molecule has 0 aliphatic rings. The first kappa shape index (κ1) is 9.85. The minimum atomic E-state index is -0.935. The van der Waals surface area contributed by atoms with E-state index in [0.717, 1.165) is 0 Å². The van der Waals surface area contributed by atoms with Crippen LogP contribution in [0.2, 0.25) is 0 Å². The second-order valence-electron chi connectivity index (χ2n) is 1.09. The zero-order valence-corrected chi connectivity index (χ0v) is 5.68. The zero-order chi connectivity index (χ0) is 5.15. The van der Waals surface area contributed by atoms with Gasteiger partial charge in [-0.3, -0.25) is 0 Å². The van der Waals surface area contributed by atoms with Crippen LogP contribution in [0.15, 0.2) is 12.2 Å². The van der Waals surface area contributed by atoms with Gasteiger partial charge in [-0.05, 0) is 6.92 Å². The summed E-state index contributed by atoms with van der Waals surface area (Å²) in [6.07, 6.45) is 0. The van der Waals surface area contributed by atoms with Gasteiger partial charge < -0.3 is 5.11 Å². The predicted molar refractivity (Wildman–Crippen MR) is 32.8 cm³/mol. The molecule has 42 valence electrons. The molecule has 0 unspecified atom stereocenters. The molecule has 0 amide bonds. The Bertz CT molecular complexity index is 75.7. The van der Waals surface area contributed by atoms with Gasteiger partial charge in [0, 0.05) is 5.57 Å². The highest BCUT2D eigenvalue weighted by molar-refractivity contribution is 8.93. The summed E-state index contributed by atoms with van der Waals surface area (Å²) in [5.41, 5.74) is 0.176. The van der Waals surface area contributed by atoms with Crippen LogP contribution in [0, 0.1) is 0 Å². The molecular weight excluding hydrogens is 160 g/mol. The van der Waals surface area contributed by atoms with E-state index in [1.54, 1.807) is 0 Å². The number of aliphatic carboxylic acids is 1. The van der Waals surface area contributed by atoms with Gasteiger partial charge in [-0.25, -0.2) is 4.79 Å². The standard InChI is InChI=1S/C4H6O2.BrH/c1-3(2)4(5)6;/h1H2,2H3,(H,5,6);1H. The van der Waals surface area contributed by atoms with Crippen molar-refractivity contribution in [2.75, 3.05) is 0 Å². The normalized spacial score (nSPS) is 6.43. The summed E-state index contributed by atoms with van der Waals surface area (Å²) >= 11 is 0. The van der Waals surface area contributed by atoms with Crippen LogP contribution in [0.1, 0.15) is 6.92 Å². The smallest absolute Gasteiger partial charge is 0.330 e. The minimum Gasteiger partial charge on any atom is -0.478 e. The monoisotopic (exact) mass is 166 g/mol. The molecule has 0 aliphatic heterocycles. The highest BCUT2D eigenvalue weighted by Crippen LogP contribution is 1.81. The molecule has 0 spiro atoms. The first-order valence-corrected chi connectivity index (χ1v) is 1.53. The molecule has 7 heavy (non-hydrogen) atoms. The lowest BCUT2D eigenvalue weighted by atomic mass is 10.4. The average Bonchev–Trinajstić information content (AvgIpc) is 1.36. The topological polar surface area (TPSA) is 37.3 Å². The number of carbonyl (C=O) groups is 1. The number of hydrogen-bond acceptors (Lipinski definition) is 1. The largest absolute Gasteiger partial charge is 0.478 e. The number of carboxylic acid groups (broad SMARTS) is 1. The molecule has 0 fully saturated rings. The van der Waals surface area contributed by atoms with E-state index in [-0.39, 0.29) is 22.6 Å². The van der Waals surface area contributed by atoms with Crippen LogP contribution >= 0.6 is 17.0 Å². The summed E-state index contributed by atoms with van der Waals surface area (Å²) in [5.74, 6) is -0.935. The Hall–Kier alpha value is -0.310. The average molecular weight is 167 g/mol. The van der Waals surface area contributed by atoms with Crippen molar-refractivity contribution in [2.24, 2.45) is 0 Å². The van der Waals surface area contributed by atoms with E-state index < -0.39 is 5.97 Å². The van der Waals surface area contributed by atoms with Gasteiger partial charge in [0.2, 0.25) is 0 Å². The minimum absolute atomic E-state index is 0. The molecule has 1 N–H and O–H groups in total. The van der Waals surface area contributed by atoms with Crippen LogP contribution in [0.25, 0.3) is 0 Å². The zero-order valence-electron chi connectivity index (χ0n) is 3.97. The van der Waals surface area contributed by atoms with E-state index >= 15 is 0 Å². The van der Waals surface area contributed by atoms with E-state index in [1.807, 2.05) is 0 Å².